The highest BCUT2D eigenvalue weighted by Gasteiger charge is 2.14. The number of rotatable bonds is 3. The fourth-order valence-corrected chi connectivity index (χ4v) is 2.22. The van der Waals surface area contributed by atoms with E-state index in [4.69, 9.17) is 32.5 Å². The predicted octanol–water partition coefficient (Wildman–Crippen LogP) is 4.72. The van der Waals surface area contributed by atoms with Crippen molar-refractivity contribution in [2.45, 2.75) is 0 Å². The van der Waals surface area contributed by atoms with Crippen molar-refractivity contribution in [3.8, 4) is 28.6 Å². The van der Waals surface area contributed by atoms with Gasteiger partial charge in [0.15, 0.2) is 0 Å². The number of benzene rings is 2. The lowest BCUT2D eigenvalue weighted by Gasteiger charge is -1.99. The fraction of sp³-hybridized carbons (Fsp3) is 0.0667. The second kappa shape index (κ2) is 5.76. The maximum atomic E-state index is 6.12. The molecule has 0 bridgehead atoms. The van der Waals surface area contributed by atoms with Gasteiger partial charge in [0.25, 0.3) is 5.89 Å². The zero-order valence-corrected chi connectivity index (χ0v) is 12.5. The summed E-state index contributed by atoms with van der Waals surface area (Å²) in [5.41, 5.74) is 1.43. The summed E-state index contributed by atoms with van der Waals surface area (Å²) >= 11 is 12.1. The van der Waals surface area contributed by atoms with E-state index >= 15 is 0 Å². The maximum Gasteiger partial charge on any atom is 0.259 e. The molecule has 3 aromatic rings. The molecule has 0 spiro atoms. The van der Waals surface area contributed by atoms with Crippen LogP contribution in [0.3, 0.4) is 0 Å². The summed E-state index contributed by atoms with van der Waals surface area (Å²) in [4.78, 5) is 4.35. The molecule has 3 rings (SSSR count). The zero-order chi connectivity index (χ0) is 14.8. The molecule has 0 unspecified atom stereocenters. The molecule has 106 valence electrons. The van der Waals surface area contributed by atoms with E-state index in [0.717, 1.165) is 11.3 Å². The van der Waals surface area contributed by atoms with Gasteiger partial charge in [-0.15, -0.1) is 0 Å². The lowest BCUT2D eigenvalue weighted by atomic mass is 10.2. The molecule has 0 atom stereocenters. The van der Waals surface area contributed by atoms with Gasteiger partial charge in [-0.1, -0.05) is 28.4 Å². The predicted molar refractivity (Wildman–Crippen MR) is 81.7 cm³/mol. The van der Waals surface area contributed by atoms with Crippen LogP contribution in [-0.2, 0) is 0 Å². The minimum absolute atomic E-state index is 0.327. The molecule has 1 heterocycles. The van der Waals surface area contributed by atoms with E-state index in [9.17, 15) is 0 Å². The molecule has 0 saturated heterocycles. The first-order valence-electron chi connectivity index (χ1n) is 6.11. The molecule has 0 N–H and O–H groups in total. The number of halogens is 2. The van der Waals surface area contributed by atoms with Gasteiger partial charge in [-0.05, 0) is 42.5 Å². The number of methoxy groups -OCH3 is 1. The Balaban J connectivity index is 1.97. The van der Waals surface area contributed by atoms with Gasteiger partial charge in [0, 0.05) is 10.6 Å². The molecule has 1 aromatic heterocycles. The van der Waals surface area contributed by atoms with E-state index in [0.29, 0.717) is 27.3 Å². The first-order chi connectivity index (χ1) is 10.2. The molecular formula is C15H10Cl2N2O2. The van der Waals surface area contributed by atoms with Gasteiger partial charge >= 0.3 is 0 Å². The molecule has 0 aliphatic carbocycles. The van der Waals surface area contributed by atoms with Crippen LogP contribution in [0, 0.1) is 0 Å². The third-order valence-electron chi connectivity index (χ3n) is 2.93. The van der Waals surface area contributed by atoms with Gasteiger partial charge in [-0.2, -0.15) is 4.98 Å². The quantitative estimate of drug-likeness (QED) is 0.700. The number of aromatic nitrogens is 2. The lowest BCUT2D eigenvalue weighted by Crippen LogP contribution is -1.84. The lowest BCUT2D eigenvalue weighted by molar-refractivity contribution is 0.415. The molecule has 0 aliphatic heterocycles. The third kappa shape index (κ3) is 2.86. The molecule has 0 aliphatic rings. The van der Waals surface area contributed by atoms with E-state index in [1.165, 1.54) is 0 Å². The number of ether oxygens (including phenoxy) is 1. The van der Waals surface area contributed by atoms with E-state index in [-0.39, 0.29) is 0 Å². The molecule has 0 fully saturated rings. The second-order valence-corrected chi connectivity index (χ2v) is 5.12. The van der Waals surface area contributed by atoms with Crippen molar-refractivity contribution in [3.05, 3.63) is 52.5 Å². The minimum atomic E-state index is 0.327. The van der Waals surface area contributed by atoms with Crippen LogP contribution in [-0.4, -0.2) is 17.3 Å². The van der Waals surface area contributed by atoms with Crippen LogP contribution in [0.2, 0.25) is 10.0 Å². The Morgan fingerprint density at radius 3 is 2.52 bits per heavy atom. The Hall–Kier alpha value is -2.04. The highest BCUT2D eigenvalue weighted by Crippen LogP contribution is 2.31. The number of hydrogen-bond donors (Lipinski definition) is 0. The minimum Gasteiger partial charge on any atom is -0.497 e. The summed E-state index contributed by atoms with van der Waals surface area (Å²) in [5, 5.41) is 5.02. The van der Waals surface area contributed by atoms with Crippen LogP contribution in [0.25, 0.3) is 22.8 Å². The van der Waals surface area contributed by atoms with Gasteiger partial charge in [0.1, 0.15) is 5.75 Å². The first-order valence-corrected chi connectivity index (χ1v) is 6.86. The van der Waals surface area contributed by atoms with Crippen molar-refractivity contribution in [1.29, 1.82) is 0 Å². The van der Waals surface area contributed by atoms with E-state index in [1.807, 2.05) is 24.3 Å². The van der Waals surface area contributed by atoms with E-state index in [2.05, 4.69) is 10.1 Å². The van der Waals surface area contributed by atoms with E-state index in [1.54, 1.807) is 25.3 Å². The van der Waals surface area contributed by atoms with E-state index < -0.39 is 0 Å². The molecule has 0 amide bonds. The van der Waals surface area contributed by atoms with Crippen LogP contribution in [0.5, 0.6) is 5.75 Å². The Labute approximate surface area is 131 Å². The Morgan fingerprint density at radius 2 is 1.81 bits per heavy atom. The highest BCUT2D eigenvalue weighted by molar-refractivity contribution is 6.35. The standard InChI is InChI=1S/C15H10Cl2N2O2/c1-20-11-5-2-9(3-6-11)14-18-15(21-19-14)12-8-10(16)4-7-13(12)17/h2-8H,1H3. The Morgan fingerprint density at radius 1 is 1.05 bits per heavy atom. The molecule has 0 radical (unpaired) electrons. The molecule has 21 heavy (non-hydrogen) atoms. The number of hydrogen-bond acceptors (Lipinski definition) is 4. The normalized spacial score (nSPS) is 10.6. The van der Waals surface area contributed by atoms with Gasteiger partial charge in [0.2, 0.25) is 5.82 Å². The first kappa shape index (κ1) is 13.9. The van der Waals surface area contributed by atoms with Crippen molar-refractivity contribution >= 4 is 23.2 Å². The van der Waals surface area contributed by atoms with Gasteiger partial charge in [-0.3, -0.25) is 0 Å². The van der Waals surface area contributed by atoms with Crippen molar-refractivity contribution in [2.24, 2.45) is 0 Å². The summed E-state index contributed by atoms with van der Waals surface area (Å²) in [6.45, 7) is 0. The average Bonchev–Trinajstić information content (AvgIpc) is 2.99. The highest BCUT2D eigenvalue weighted by atomic mass is 35.5. The van der Waals surface area contributed by atoms with Crippen LogP contribution in [0.4, 0.5) is 0 Å². The summed E-state index contributed by atoms with van der Waals surface area (Å²) in [6, 6.07) is 12.5. The SMILES string of the molecule is COc1ccc(-c2noc(-c3cc(Cl)ccc3Cl)n2)cc1. The largest absolute Gasteiger partial charge is 0.497 e. The van der Waals surface area contributed by atoms with Crippen LogP contribution >= 0.6 is 23.2 Å². The maximum absolute atomic E-state index is 6.12. The third-order valence-corrected chi connectivity index (χ3v) is 3.50. The molecule has 0 saturated carbocycles. The molecule has 6 heteroatoms. The molecular weight excluding hydrogens is 311 g/mol. The van der Waals surface area contributed by atoms with Gasteiger partial charge < -0.3 is 9.26 Å². The van der Waals surface area contributed by atoms with Gasteiger partial charge in [-0.25, -0.2) is 0 Å². The van der Waals surface area contributed by atoms with Gasteiger partial charge in [0.05, 0.1) is 17.7 Å². The number of nitrogens with zero attached hydrogens (tertiary/aromatic N) is 2. The van der Waals surface area contributed by atoms with Crippen molar-refractivity contribution in [2.75, 3.05) is 7.11 Å². The summed E-state index contributed by atoms with van der Waals surface area (Å²) in [5.74, 6) is 1.57. The van der Waals surface area contributed by atoms with Crippen molar-refractivity contribution in [3.63, 3.8) is 0 Å². The van der Waals surface area contributed by atoms with Crippen LogP contribution in [0.15, 0.2) is 47.0 Å². The monoisotopic (exact) mass is 320 g/mol. The van der Waals surface area contributed by atoms with Crippen LogP contribution in [0.1, 0.15) is 0 Å². The van der Waals surface area contributed by atoms with Crippen molar-refractivity contribution < 1.29 is 9.26 Å². The van der Waals surface area contributed by atoms with Crippen LogP contribution < -0.4 is 4.74 Å². The van der Waals surface area contributed by atoms with Crippen molar-refractivity contribution in [1.82, 2.24) is 10.1 Å². The topological polar surface area (TPSA) is 48.2 Å². The Kier molecular flexibility index (Phi) is 3.82. The Bertz CT molecular complexity index is 770. The summed E-state index contributed by atoms with van der Waals surface area (Å²) in [7, 11) is 1.61. The summed E-state index contributed by atoms with van der Waals surface area (Å²) in [6.07, 6.45) is 0. The average molecular weight is 321 g/mol. The molecule has 4 nitrogen and oxygen atoms in total. The second-order valence-electron chi connectivity index (χ2n) is 4.28. The summed E-state index contributed by atoms with van der Waals surface area (Å²) < 4.78 is 10.4. The zero-order valence-electron chi connectivity index (χ0n) is 11.0. The fourth-order valence-electron chi connectivity index (χ4n) is 1.85. The smallest absolute Gasteiger partial charge is 0.259 e. The molecule has 2 aromatic carbocycles.